The van der Waals surface area contributed by atoms with Crippen LogP contribution in [0.3, 0.4) is 0 Å². The van der Waals surface area contributed by atoms with E-state index in [-0.39, 0.29) is 5.56 Å². The average molecular weight is 306 g/mol. The smallest absolute Gasteiger partial charge is 0.277 e. The molecule has 0 saturated heterocycles. The lowest BCUT2D eigenvalue weighted by Gasteiger charge is -2.08. The maximum atomic E-state index is 12.8. The molecule has 0 aliphatic rings. The van der Waals surface area contributed by atoms with E-state index in [1.54, 1.807) is 22.9 Å². The molecule has 5 heteroatoms. The molecule has 0 bridgehead atoms. The molecule has 23 heavy (non-hydrogen) atoms. The van der Waals surface area contributed by atoms with Crippen LogP contribution in [-0.4, -0.2) is 14.0 Å². The second-order valence-electron chi connectivity index (χ2n) is 5.44. The summed E-state index contributed by atoms with van der Waals surface area (Å²) in [7, 11) is 0. The van der Waals surface area contributed by atoms with Gasteiger partial charge in [-0.15, -0.1) is 0 Å². The summed E-state index contributed by atoms with van der Waals surface area (Å²) in [6.45, 7) is 4.53. The minimum absolute atomic E-state index is 0.0269. The van der Waals surface area contributed by atoms with E-state index in [1.807, 2.05) is 36.6 Å². The Bertz CT molecular complexity index is 942. The molecule has 0 radical (unpaired) electrons. The fraction of sp³-hybridized carbons (Fsp3) is 0.278. The van der Waals surface area contributed by atoms with Gasteiger partial charge in [0.15, 0.2) is 0 Å². The van der Waals surface area contributed by atoms with Crippen molar-refractivity contribution in [2.45, 2.75) is 33.2 Å². The molecule has 116 valence electrons. The summed E-state index contributed by atoms with van der Waals surface area (Å²) in [5.74, 6) is 0.916. The minimum Gasteiger partial charge on any atom is -0.308 e. The molecule has 1 aromatic carbocycles. The summed E-state index contributed by atoms with van der Waals surface area (Å²) in [5, 5.41) is 8.85. The van der Waals surface area contributed by atoms with Crippen molar-refractivity contribution in [3.05, 3.63) is 69.7 Å². The van der Waals surface area contributed by atoms with Crippen molar-refractivity contribution < 1.29 is 0 Å². The third-order valence-corrected chi connectivity index (χ3v) is 4.00. The second-order valence-corrected chi connectivity index (χ2v) is 5.44. The normalized spacial score (nSPS) is 10.8. The SMILES string of the molecule is CCc1nc(CC)n2ccn(Cc3ccc(C#N)cc3)c(=O)c12. The molecule has 0 atom stereocenters. The molecular formula is C18H18N4O. The molecule has 2 heterocycles. The summed E-state index contributed by atoms with van der Waals surface area (Å²) in [4.78, 5) is 17.4. The maximum Gasteiger partial charge on any atom is 0.277 e. The Kier molecular flexibility index (Phi) is 3.98. The molecule has 2 aromatic heterocycles. The number of benzene rings is 1. The van der Waals surface area contributed by atoms with Gasteiger partial charge >= 0.3 is 0 Å². The fourth-order valence-electron chi connectivity index (χ4n) is 2.77. The van der Waals surface area contributed by atoms with Crippen molar-refractivity contribution in [2.24, 2.45) is 0 Å². The second kappa shape index (κ2) is 6.09. The van der Waals surface area contributed by atoms with Gasteiger partial charge in [-0.25, -0.2) is 4.98 Å². The van der Waals surface area contributed by atoms with Crippen molar-refractivity contribution in [2.75, 3.05) is 0 Å². The summed E-state index contributed by atoms with van der Waals surface area (Å²) in [6, 6.07) is 9.39. The van der Waals surface area contributed by atoms with Crippen LogP contribution in [-0.2, 0) is 19.4 Å². The summed E-state index contributed by atoms with van der Waals surface area (Å²) in [6.07, 6.45) is 5.24. The zero-order valence-corrected chi connectivity index (χ0v) is 13.3. The number of rotatable bonds is 4. The molecule has 0 aliphatic heterocycles. The predicted octanol–water partition coefficient (Wildman–Crippen LogP) is 2.54. The summed E-state index contributed by atoms with van der Waals surface area (Å²) >= 11 is 0. The first kappa shape index (κ1) is 15.0. The monoisotopic (exact) mass is 306 g/mol. The topological polar surface area (TPSA) is 63.1 Å². The van der Waals surface area contributed by atoms with Crippen LogP contribution in [0.2, 0.25) is 0 Å². The van der Waals surface area contributed by atoms with Gasteiger partial charge in [-0.3, -0.25) is 9.20 Å². The van der Waals surface area contributed by atoms with Gasteiger partial charge in [0.1, 0.15) is 11.3 Å². The maximum absolute atomic E-state index is 12.8. The van der Waals surface area contributed by atoms with Gasteiger partial charge in [-0.1, -0.05) is 26.0 Å². The Balaban J connectivity index is 2.06. The molecule has 5 nitrogen and oxygen atoms in total. The molecule has 0 N–H and O–H groups in total. The fourth-order valence-corrected chi connectivity index (χ4v) is 2.77. The van der Waals surface area contributed by atoms with E-state index >= 15 is 0 Å². The quantitative estimate of drug-likeness (QED) is 0.744. The minimum atomic E-state index is -0.0269. The number of aryl methyl sites for hydroxylation is 2. The van der Waals surface area contributed by atoms with E-state index in [0.717, 1.165) is 29.9 Å². The third-order valence-electron chi connectivity index (χ3n) is 4.00. The van der Waals surface area contributed by atoms with Gasteiger partial charge in [0, 0.05) is 18.8 Å². The molecule has 3 rings (SSSR count). The molecule has 0 fully saturated rings. The lowest BCUT2D eigenvalue weighted by Crippen LogP contribution is -2.22. The molecule has 0 amide bonds. The zero-order valence-electron chi connectivity index (χ0n) is 13.3. The Labute approximate surface area is 134 Å². The lowest BCUT2D eigenvalue weighted by atomic mass is 10.1. The lowest BCUT2D eigenvalue weighted by molar-refractivity contribution is 0.748. The van der Waals surface area contributed by atoms with Crippen molar-refractivity contribution in [1.29, 1.82) is 5.26 Å². The van der Waals surface area contributed by atoms with Gasteiger partial charge in [0.25, 0.3) is 5.56 Å². The van der Waals surface area contributed by atoms with Gasteiger partial charge in [0.2, 0.25) is 0 Å². The first-order chi connectivity index (χ1) is 11.2. The van der Waals surface area contributed by atoms with Crippen LogP contribution in [0.4, 0.5) is 0 Å². The largest absolute Gasteiger partial charge is 0.308 e. The highest BCUT2D eigenvalue weighted by Crippen LogP contribution is 2.12. The first-order valence-electron chi connectivity index (χ1n) is 7.76. The summed E-state index contributed by atoms with van der Waals surface area (Å²) < 4.78 is 3.59. The van der Waals surface area contributed by atoms with E-state index < -0.39 is 0 Å². The van der Waals surface area contributed by atoms with Crippen LogP contribution >= 0.6 is 0 Å². The number of aromatic nitrogens is 3. The number of fused-ring (bicyclic) bond motifs is 1. The Morgan fingerprint density at radius 2 is 1.87 bits per heavy atom. The molecule has 0 aliphatic carbocycles. The highest BCUT2D eigenvalue weighted by molar-refractivity contribution is 5.51. The van der Waals surface area contributed by atoms with E-state index in [0.29, 0.717) is 17.6 Å². The Hall–Kier alpha value is -2.87. The van der Waals surface area contributed by atoms with Gasteiger partial charge < -0.3 is 4.57 Å². The molecule has 0 saturated carbocycles. The van der Waals surface area contributed by atoms with Crippen LogP contribution < -0.4 is 5.56 Å². The van der Waals surface area contributed by atoms with E-state index in [9.17, 15) is 4.79 Å². The zero-order chi connectivity index (χ0) is 16.4. The Morgan fingerprint density at radius 3 is 2.48 bits per heavy atom. The van der Waals surface area contributed by atoms with E-state index in [2.05, 4.69) is 11.1 Å². The summed E-state index contributed by atoms with van der Waals surface area (Å²) in [5.41, 5.74) is 3.10. The van der Waals surface area contributed by atoms with Gasteiger partial charge in [-0.05, 0) is 24.1 Å². The van der Waals surface area contributed by atoms with E-state index in [4.69, 9.17) is 5.26 Å². The number of imidazole rings is 1. The van der Waals surface area contributed by atoms with Crippen LogP contribution in [0.25, 0.3) is 5.52 Å². The highest BCUT2D eigenvalue weighted by atomic mass is 16.1. The van der Waals surface area contributed by atoms with E-state index in [1.165, 1.54) is 0 Å². The number of nitrogens with zero attached hydrogens (tertiary/aromatic N) is 4. The van der Waals surface area contributed by atoms with Crippen molar-refractivity contribution >= 4 is 5.52 Å². The molecule has 0 spiro atoms. The van der Waals surface area contributed by atoms with Crippen LogP contribution in [0.15, 0.2) is 41.5 Å². The van der Waals surface area contributed by atoms with Crippen molar-refractivity contribution in [3.63, 3.8) is 0 Å². The highest BCUT2D eigenvalue weighted by Gasteiger charge is 2.13. The standard InChI is InChI=1S/C18H18N4O/c1-3-15-17-18(23)21(9-10-22(17)16(4-2)20-15)12-14-7-5-13(11-19)6-8-14/h5-10H,3-4,12H2,1-2H3. The van der Waals surface area contributed by atoms with Crippen LogP contribution in [0.5, 0.6) is 0 Å². The predicted molar refractivity (Wildman–Crippen MR) is 88.5 cm³/mol. The third kappa shape index (κ3) is 2.64. The number of hydrogen-bond donors (Lipinski definition) is 0. The number of nitriles is 1. The first-order valence-corrected chi connectivity index (χ1v) is 7.76. The Morgan fingerprint density at radius 1 is 1.13 bits per heavy atom. The van der Waals surface area contributed by atoms with Gasteiger partial charge in [0.05, 0.1) is 23.9 Å². The molecule has 3 aromatic rings. The molecule has 0 unspecified atom stereocenters. The molecular weight excluding hydrogens is 288 g/mol. The van der Waals surface area contributed by atoms with Crippen molar-refractivity contribution in [1.82, 2.24) is 14.0 Å². The van der Waals surface area contributed by atoms with Crippen molar-refractivity contribution in [3.8, 4) is 6.07 Å². The van der Waals surface area contributed by atoms with Crippen LogP contribution in [0, 0.1) is 11.3 Å². The number of hydrogen-bond acceptors (Lipinski definition) is 3. The van der Waals surface area contributed by atoms with Gasteiger partial charge in [-0.2, -0.15) is 5.26 Å². The van der Waals surface area contributed by atoms with Crippen LogP contribution in [0.1, 0.15) is 36.5 Å². The average Bonchev–Trinajstić information content (AvgIpc) is 2.96.